The number of esters is 1. The molecule has 4 N–H and O–H groups in total. The monoisotopic (exact) mass is 493 g/mol. The van der Waals surface area contributed by atoms with Crippen LogP contribution in [0.1, 0.15) is 29.9 Å². The molecule has 1 unspecified atom stereocenters. The van der Waals surface area contributed by atoms with Crippen molar-refractivity contribution in [2.45, 2.75) is 30.8 Å². The van der Waals surface area contributed by atoms with Gasteiger partial charge in [-0.3, -0.25) is 9.59 Å². The third-order valence-corrected chi connectivity index (χ3v) is 7.11. The number of fused-ring (bicyclic) bond motifs is 4. The van der Waals surface area contributed by atoms with Gasteiger partial charge in [0.05, 0.1) is 6.04 Å². The molecule has 0 heterocycles. The van der Waals surface area contributed by atoms with Gasteiger partial charge in [0, 0.05) is 11.6 Å². The van der Waals surface area contributed by atoms with Gasteiger partial charge in [0.2, 0.25) is 5.91 Å². The molecule has 188 valence electrons. The number of nitrogens with one attached hydrogen (secondary N) is 2. The van der Waals surface area contributed by atoms with Crippen LogP contribution in [0.25, 0.3) is 21.9 Å². The van der Waals surface area contributed by atoms with Crippen LogP contribution >= 0.6 is 0 Å². The van der Waals surface area contributed by atoms with Gasteiger partial charge in [0.15, 0.2) is 0 Å². The Balaban J connectivity index is 1.15. The quantitative estimate of drug-likeness (QED) is 0.291. The maximum absolute atomic E-state index is 12.9. The highest BCUT2D eigenvalue weighted by Gasteiger charge is 2.30. The Kier molecular flexibility index (Phi) is 7.30. The number of hydrogen-bond acceptors (Lipinski definition) is 5. The van der Waals surface area contributed by atoms with E-state index in [4.69, 9.17) is 10.5 Å². The van der Waals surface area contributed by atoms with E-state index >= 15 is 0 Å². The van der Waals surface area contributed by atoms with E-state index in [-0.39, 0.29) is 18.4 Å². The highest BCUT2D eigenvalue weighted by molar-refractivity contribution is 5.97. The average Bonchev–Trinajstić information content (AvgIpc) is 3.25. The molecule has 37 heavy (non-hydrogen) atoms. The van der Waals surface area contributed by atoms with Crippen LogP contribution in [0.4, 0.5) is 5.69 Å². The standard InChI is InChI=1S/C31H31N3O3/c1-33-29(30(35)34-22-15-14-20-8-2-3-9-21(20)18-22)17-16-28(32)31(36)37-19-27-25-12-6-4-10-23(25)24-11-5-7-13-26(24)27/h2-15,18,27-29,33H,16-17,19,32H2,1H3,(H,34,35)/t28?,29-/m0/s1. The van der Waals surface area contributed by atoms with Crippen LogP contribution in [0.5, 0.6) is 0 Å². The fourth-order valence-electron chi connectivity index (χ4n) is 5.08. The first-order chi connectivity index (χ1) is 18.0. The topological polar surface area (TPSA) is 93.4 Å². The van der Waals surface area contributed by atoms with Gasteiger partial charge in [-0.1, -0.05) is 78.9 Å². The molecule has 0 saturated heterocycles. The number of hydrogen-bond donors (Lipinski definition) is 3. The van der Waals surface area contributed by atoms with Gasteiger partial charge in [-0.25, -0.2) is 0 Å². The van der Waals surface area contributed by atoms with Crippen LogP contribution in [0.2, 0.25) is 0 Å². The Morgan fingerprint density at radius 3 is 2.14 bits per heavy atom. The number of carbonyl (C=O) groups is 2. The van der Waals surface area contributed by atoms with Crippen molar-refractivity contribution in [2.24, 2.45) is 5.73 Å². The predicted molar refractivity (Wildman–Crippen MR) is 147 cm³/mol. The SMILES string of the molecule is CN[C@@H](CCC(N)C(=O)OCC1c2ccccc2-c2ccccc21)C(=O)Nc1ccc2ccccc2c1. The molecule has 0 fully saturated rings. The first-order valence-corrected chi connectivity index (χ1v) is 12.6. The number of amides is 1. The van der Waals surface area contributed by atoms with E-state index in [9.17, 15) is 9.59 Å². The lowest BCUT2D eigenvalue weighted by molar-refractivity contribution is -0.145. The van der Waals surface area contributed by atoms with E-state index in [1.165, 1.54) is 11.1 Å². The minimum Gasteiger partial charge on any atom is -0.464 e. The second kappa shape index (κ2) is 10.9. The van der Waals surface area contributed by atoms with Gasteiger partial charge in [-0.15, -0.1) is 0 Å². The van der Waals surface area contributed by atoms with Gasteiger partial charge in [0.25, 0.3) is 0 Å². The number of carbonyl (C=O) groups excluding carboxylic acids is 2. The second-order valence-corrected chi connectivity index (χ2v) is 9.43. The van der Waals surface area contributed by atoms with E-state index in [0.29, 0.717) is 12.8 Å². The Morgan fingerprint density at radius 1 is 0.838 bits per heavy atom. The summed E-state index contributed by atoms with van der Waals surface area (Å²) in [5, 5.41) is 8.16. The molecule has 0 aliphatic heterocycles. The highest BCUT2D eigenvalue weighted by atomic mass is 16.5. The van der Waals surface area contributed by atoms with Crippen LogP contribution in [0, 0.1) is 0 Å². The third kappa shape index (κ3) is 5.26. The lowest BCUT2D eigenvalue weighted by atomic mass is 9.98. The Bertz CT molecular complexity index is 1390. The minimum absolute atomic E-state index is 0.0126. The molecule has 4 aromatic carbocycles. The van der Waals surface area contributed by atoms with Crippen molar-refractivity contribution < 1.29 is 14.3 Å². The van der Waals surface area contributed by atoms with Crippen molar-refractivity contribution in [2.75, 3.05) is 19.0 Å². The first kappa shape index (κ1) is 24.7. The number of nitrogens with two attached hydrogens (primary N) is 1. The first-order valence-electron chi connectivity index (χ1n) is 12.6. The number of likely N-dealkylation sites (N-methyl/N-ethyl adjacent to an activating group) is 1. The minimum atomic E-state index is -0.809. The van der Waals surface area contributed by atoms with E-state index in [1.54, 1.807) is 7.05 Å². The fourth-order valence-corrected chi connectivity index (χ4v) is 5.08. The molecule has 5 rings (SSSR count). The van der Waals surface area contributed by atoms with Crippen molar-refractivity contribution in [3.63, 3.8) is 0 Å². The van der Waals surface area contributed by atoms with Gasteiger partial charge >= 0.3 is 5.97 Å². The van der Waals surface area contributed by atoms with E-state index in [2.05, 4.69) is 34.9 Å². The van der Waals surface area contributed by atoms with Crippen LogP contribution < -0.4 is 16.4 Å². The van der Waals surface area contributed by atoms with Gasteiger partial charge < -0.3 is 21.1 Å². The van der Waals surface area contributed by atoms with Crippen molar-refractivity contribution in [3.8, 4) is 11.1 Å². The molecule has 0 radical (unpaired) electrons. The summed E-state index contributed by atoms with van der Waals surface area (Å²) in [6.45, 7) is 0.235. The molecular formula is C31H31N3O3. The van der Waals surface area contributed by atoms with Crippen molar-refractivity contribution in [1.82, 2.24) is 5.32 Å². The molecule has 0 aromatic heterocycles. The van der Waals surface area contributed by atoms with Gasteiger partial charge in [-0.2, -0.15) is 0 Å². The summed E-state index contributed by atoms with van der Waals surface area (Å²) < 4.78 is 5.68. The zero-order valence-corrected chi connectivity index (χ0v) is 20.8. The normalized spacial score (nSPS) is 14.0. The largest absolute Gasteiger partial charge is 0.464 e. The van der Waals surface area contributed by atoms with Crippen molar-refractivity contribution >= 4 is 28.3 Å². The van der Waals surface area contributed by atoms with E-state index in [1.807, 2.05) is 66.7 Å². The maximum atomic E-state index is 12.9. The Morgan fingerprint density at radius 2 is 1.46 bits per heavy atom. The molecule has 6 heteroatoms. The zero-order chi connectivity index (χ0) is 25.8. The lowest BCUT2D eigenvalue weighted by Crippen LogP contribution is -2.41. The molecule has 4 aromatic rings. The van der Waals surface area contributed by atoms with Gasteiger partial charge in [0.1, 0.15) is 12.6 Å². The molecule has 1 aliphatic rings. The van der Waals surface area contributed by atoms with Crippen LogP contribution in [0.3, 0.4) is 0 Å². The molecule has 2 atom stereocenters. The summed E-state index contributed by atoms with van der Waals surface area (Å²) in [5.41, 5.74) is 11.6. The molecular weight excluding hydrogens is 462 g/mol. The highest BCUT2D eigenvalue weighted by Crippen LogP contribution is 2.44. The summed E-state index contributed by atoms with van der Waals surface area (Å²) in [6, 6.07) is 28.9. The van der Waals surface area contributed by atoms with Crippen LogP contribution in [-0.2, 0) is 14.3 Å². The van der Waals surface area contributed by atoms with Crippen molar-refractivity contribution in [1.29, 1.82) is 0 Å². The smallest absolute Gasteiger partial charge is 0.322 e. The molecule has 0 bridgehead atoms. The number of benzene rings is 4. The fraction of sp³-hybridized carbons (Fsp3) is 0.226. The maximum Gasteiger partial charge on any atom is 0.322 e. The molecule has 0 saturated carbocycles. The van der Waals surface area contributed by atoms with Crippen LogP contribution in [-0.4, -0.2) is 37.6 Å². The zero-order valence-electron chi connectivity index (χ0n) is 20.8. The van der Waals surface area contributed by atoms with E-state index < -0.39 is 18.1 Å². The predicted octanol–water partition coefficient (Wildman–Crippen LogP) is 4.83. The van der Waals surface area contributed by atoms with E-state index in [0.717, 1.165) is 27.6 Å². The Labute approximate surface area is 216 Å². The van der Waals surface area contributed by atoms with Crippen molar-refractivity contribution in [3.05, 3.63) is 102 Å². The summed E-state index contributed by atoms with van der Waals surface area (Å²) in [7, 11) is 1.73. The second-order valence-electron chi connectivity index (χ2n) is 9.43. The summed E-state index contributed by atoms with van der Waals surface area (Å²) in [4.78, 5) is 25.6. The summed E-state index contributed by atoms with van der Waals surface area (Å²) >= 11 is 0. The van der Waals surface area contributed by atoms with Gasteiger partial charge in [-0.05, 0) is 65.0 Å². The summed E-state index contributed by atoms with van der Waals surface area (Å²) in [5.74, 6) is -0.634. The number of rotatable bonds is 9. The van der Waals surface area contributed by atoms with Crippen LogP contribution in [0.15, 0.2) is 91.0 Å². The Hall–Kier alpha value is -4.00. The third-order valence-electron chi connectivity index (χ3n) is 7.11. The average molecular weight is 494 g/mol. The summed E-state index contributed by atoms with van der Waals surface area (Å²) in [6.07, 6.45) is 0.731. The lowest BCUT2D eigenvalue weighted by Gasteiger charge is -2.19. The number of ether oxygens (including phenoxy) is 1. The molecule has 1 aliphatic carbocycles. The number of anilines is 1. The molecule has 0 spiro atoms. The molecule has 1 amide bonds. The molecule has 6 nitrogen and oxygen atoms in total.